The van der Waals surface area contributed by atoms with E-state index in [1.54, 1.807) is 20.8 Å². The average Bonchev–Trinajstić information content (AvgIpc) is 2.70. The van der Waals surface area contributed by atoms with Crippen LogP contribution in [0, 0.1) is 0 Å². The third-order valence-electron chi connectivity index (χ3n) is 4.40. The van der Waals surface area contributed by atoms with Gasteiger partial charge in [0.1, 0.15) is 11.6 Å². The number of unbranched alkanes of at least 4 members (excludes halogenated alkanes) is 2. The van der Waals surface area contributed by atoms with Crippen molar-refractivity contribution in [3.63, 3.8) is 0 Å². The summed E-state index contributed by atoms with van der Waals surface area (Å²) in [5, 5.41) is 5.66. The molecule has 0 saturated heterocycles. The van der Waals surface area contributed by atoms with Crippen LogP contribution in [0.15, 0.2) is 54.6 Å². The predicted molar refractivity (Wildman–Crippen MR) is 126 cm³/mol. The van der Waals surface area contributed by atoms with Gasteiger partial charge >= 0.3 is 6.09 Å². The highest BCUT2D eigenvalue weighted by Crippen LogP contribution is 2.22. The van der Waals surface area contributed by atoms with Crippen LogP contribution in [0.2, 0.25) is 0 Å². The first-order chi connectivity index (χ1) is 14.3. The number of carbonyl (C=O) groups excluding carboxylic acids is 2. The van der Waals surface area contributed by atoms with Crippen LogP contribution in [0.5, 0.6) is 0 Å². The Balaban J connectivity index is 2.07. The van der Waals surface area contributed by atoms with Crippen molar-refractivity contribution < 1.29 is 14.3 Å². The summed E-state index contributed by atoms with van der Waals surface area (Å²) < 4.78 is 5.33. The summed E-state index contributed by atoms with van der Waals surface area (Å²) in [4.78, 5) is 25.2. The van der Waals surface area contributed by atoms with Gasteiger partial charge in [0, 0.05) is 5.69 Å². The zero-order valence-electron chi connectivity index (χ0n) is 18.0. The molecule has 2 rings (SSSR count). The fraction of sp³-hybridized carbons (Fsp3) is 0.417. The van der Waals surface area contributed by atoms with Crippen LogP contribution < -0.4 is 10.6 Å². The van der Waals surface area contributed by atoms with Gasteiger partial charge in [0.05, 0.1) is 0 Å². The number of rotatable bonds is 9. The Kier molecular flexibility index (Phi) is 9.24. The average molecular weight is 429 g/mol. The van der Waals surface area contributed by atoms with Gasteiger partial charge in [-0.1, -0.05) is 55.3 Å². The molecule has 30 heavy (non-hydrogen) atoms. The molecule has 1 atom stereocenters. The Morgan fingerprint density at radius 2 is 1.67 bits per heavy atom. The Morgan fingerprint density at radius 1 is 0.967 bits per heavy atom. The molecule has 0 heterocycles. The fourth-order valence-electron chi connectivity index (χ4n) is 2.99. The van der Waals surface area contributed by atoms with E-state index in [1.807, 2.05) is 54.6 Å². The minimum absolute atomic E-state index is 0.253. The number of amides is 2. The Labute approximate surface area is 185 Å². The van der Waals surface area contributed by atoms with Crippen LogP contribution in [-0.4, -0.2) is 29.4 Å². The van der Waals surface area contributed by atoms with Gasteiger partial charge in [0.2, 0.25) is 5.91 Å². The minimum Gasteiger partial charge on any atom is -0.444 e. The maximum Gasteiger partial charge on any atom is 0.408 e. The van der Waals surface area contributed by atoms with E-state index >= 15 is 0 Å². The normalized spacial score (nSPS) is 12.1. The third kappa shape index (κ3) is 8.49. The van der Waals surface area contributed by atoms with E-state index in [9.17, 15) is 9.59 Å². The highest BCUT2D eigenvalue weighted by atomic mass is 32.1. The summed E-state index contributed by atoms with van der Waals surface area (Å²) in [6.07, 6.45) is 2.70. The monoisotopic (exact) mass is 428 g/mol. The molecule has 6 heteroatoms. The maximum absolute atomic E-state index is 12.9. The molecule has 0 spiro atoms. The predicted octanol–water partition coefficient (Wildman–Crippen LogP) is 5.68. The van der Waals surface area contributed by atoms with Gasteiger partial charge in [-0.25, -0.2) is 4.79 Å². The molecule has 0 aliphatic rings. The molecule has 0 aliphatic carbocycles. The Morgan fingerprint density at radius 3 is 2.33 bits per heavy atom. The highest BCUT2D eigenvalue weighted by molar-refractivity contribution is 7.80. The zero-order valence-corrected chi connectivity index (χ0v) is 18.9. The lowest BCUT2D eigenvalue weighted by atomic mass is 10.0. The highest BCUT2D eigenvalue weighted by Gasteiger charge is 2.24. The smallest absolute Gasteiger partial charge is 0.408 e. The first-order valence-electron chi connectivity index (χ1n) is 10.4. The van der Waals surface area contributed by atoms with E-state index in [0.29, 0.717) is 12.1 Å². The first kappa shape index (κ1) is 23.8. The third-order valence-corrected chi connectivity index (χ3v) is 4.71. The van der Waals surface area contributed by atoms with Crippen molar-refractivity contribution in [2.24, 2.45) is 0 Å². The van der Waals surface area contributed by atoms with Crippen molar-refractivity contribution in [2.75, 3.05) is 11.1 Å². The maximum atomic E-state index is 12.9. The van der Waals surface area contributed by atoms with Crippen molar-refractivity contribution in [1.82, 2.24) is 5.32 Å². The van der Waals surface area contributed by atoms with Gasteiger partial charge in [-0.15, -0.1) is 0 Å². The SMILES string of the molecule is CC(C)(C)OC(=O)N[C@@H](CCCCCS)C(=O)Nc1cccc(-c2ccccc2)c1. The van der Waals surface area contributed by atoms with Crippen LogP contribution in [0.3, 0.4) is 0 Å². The van der Waals surface area contributed by atoms with E-state index in [2.05, 4.69) is 23.3 Å². The summed E-state index contributed by atoms with van der Waals surface area (Å²) in [5.41, 5.74) is 2.15. The number of hydrogen-bond donors (Lipinski definition) is 3. The molecule has 2 amide bonds. The Hall–Kier alpha value is -2.47. The number of thiol groups is 1. The summed E-state index contributed by atoms with van der Waals surface area (Å²) in [7, 11) is 0. The molecule has 2 aromatic rings. The van der Waals surface area contributed by atoms with Crippen LogP contribution >= 0.6 is 12.6 Å². The molecule has 0 unspecified atom stereocenters. The molecule has 0 bridgehead atoms. The van der Waals surface area contributed by atoms with Crippen molar-refractivity contribution >= 4 is 30.3 Å². The van der Waals surface area contributed by atoms with Crippen LogP contribution in [0.25, 0.3) is 11.1 Å². The lowest BCUT2D eigenvalue weighted by molar-refractivity contribution is -0.118. The summed E-state index contributed by atoms with van der Waals surface area (Å²) in [6, 6.07) is 17.0. The van der Waals surface area contributed by atoms with E-state index in [1.165, 1.54) is 0 Å². The number of ether oxygens (including phenoxy) is 1. The molecule has 0 saturated carbocycles. The van der Waals surface area contributed by atoms with E-state index in [0.717, 1.165) is 36.1 Å². The Bertz CT molecular complexity index is 819. The molecule has 0 radical (unpaired) electrons. The second-order valence-corrected chi connectivity index (χ2v) is 8.66. The van der Waals surface area contributed by atoms with Gasteiger partial charge in [0.25, 0.3) is 0 Å². The second kappa shape index (κ2) is 11.6. The number of benzene rings is 2. The lowest BCUT2D eigenvalue weighted by Crippen LogP contribution is -2.45. The van der Waals surface area contributed by atoms with E-state index in [-0.39, 0.29) is 5.91 Å². The first-order valence-corrected chi connectivity index (χ1v) is 11.0. The summed E-state index contributed by atoms with van der Waals surface area (Å²) >= 11 is 4.22. The standard InChI is InChI=1S/C24H32N2O3S/c1-24(2,3)29-23(28)26-21(15-8-5-9-16-30)22(27)25-20-14-10-13-19(17-20)18-11-6-4-7-12-18/h4,6-7,10-14,17,21,30H,5,8-9,15-16H2,1-3H3,(H,25,27)(H,26,28)/t21-/m0/s1. The molecule has 2 N–H and O–H groups in total. The zero-order chi connectivity index (χ0) is 22.0. The molecular weight excluding hydrogens is 396 g/mol. The van der Waals surface area contributed by atoms with Gasteiger partial charge in [-0.2, -0.15) is 12.6 Å². The number of anilines is 1. The van der Waals surface area contributed by atoms with Crippen LogP contribution in [0.1, 0.15) is 46.5 Å². The van der Waals surface area contributed by atoms with Gasteiger partial charge in [-0.3, -0.25) is 4.79 Å². The summed E-state index contributed by atoms with van der Waals surface area (Å²) in [5.74, 6) is 0.555. The van der Waals surface area contributed by atoms with Crippen molar-refractivity contribution in [2.45, 2.75) is 58.1 Å². The van der Waals surface area contributed by atoms with E-state index in [4.69, 9.17) is 4.74 Å². The van der Waals surface area contributed by atoms with Crippen LogP contribution in [-0.2, 0) is 9.53 Å². The van der Waals surface area contributed by atoms with Gasteiger partial charge < -0.3 is 15.4 Å². The summed E-state index contributed by atoms with van der Waals surface area (Å²) in [6.45, 7) is 5.39. The molecule has 2 aromatic carbocycles. The van der Waals surface area contributed by atoms with Gasteiger partial charge in [0.15, 0.2) is 0 Å². The molecule has 162 valence electrons. The number of alkyl carbamates (subject to hydrolysis) is 1. The quantitative estimate of drug-likeness (QED) is 0.356. The van der Waals surface area contributed by atoms with Crippen molar-refractivity contribution in [3.05, 3.63) is 54.6 Å². The van der Waals surface area contributed by atoms with Crippen molar-refractivity contribution in [3.8, 4) is 11.1 Å². The van der Waals surface area contributed by atoms with Gasteiger partial charge in [-0.05, 0) is 62.6 Å². The molecule has 0 aliphatic heterocycles. The minimum atomic E-state index is -0.667. The largest absolute Gasteiger partial charge is 0.444 e. The van der Waals surface area contributed by atoms with Crippen LogP contribution in [0.4, 0.5) is 10.5 Å². The molecule has 0 aromatic heterocycles. The van der Waals surface area contributed by atoms with Crippen molar-refractivity contribution in [1.29, 1.82) is 0 Å². The molecule has 0 fully saturated rings. The van der Waals surface area contributed by atoms with E-state index < -0.39 is 17.7 Å². The molecule has 5 nitrogen and oxygen atoms in total. The topological polar surface area (TPSA) is 67.4 Å². The lowest BCUT2D eigenvalue weighted by Gasteiger charge is -2.23. The number of hydrogen-bond acceptors (Lipinski definition) is 4. The number of nitrogens with one attached hydrogen (secondary N) is 2. The second-order valence-electron chi connectivity index (χ2n) is 8.21. The molecular formula is C24H32N2O3S. The number of carbonyl (C=O) groups is 2. The fourth-order valence-corrected chi connectivity index (χ4v) is 3.22.